The summed E-state index contributed by atoms with van der Waals surface area (Å²) in [6.07, 6.45) is 0. The second kappa shape index (κ2) is 4.93. The van der Waals surface area contributed by atoms with Crippen molar-refractivity contribution in [1.82, 2.24) is 4.31 Å². The molecule has 1 aliphatic rings. The van der Waals surface area contributed by atoms with Crippen LogP contribution in [0.4, 0.5) is 10.1 Å². The fraction of sp³-hybridized carbons (Fsp3) is 0.571. The van der Waals surface area contributed by atoms with Gasteiger partial charge in [-0.2, -0.15) is 4.31 Å². The summed E-state index contributed by atoms with van der Waals surface area (Å²) in [6, 6.07) is 3.36. The third-order valence-corrected chi connectivity index (χ3v) is 5.11. The van der Waals surface area contributed by atoms with Crippen molar-refractivity contribution in [3.8, 4) is 0 Å². The second-order valence-electron chi connectivity index (χ2n) is 6.58. The van der Waals surface area contributed by atoms with Crippen molar-refractivity contribution in [3.63, 3.8) is 0 Å². The molecule has 0 spiro atoms. The molecule has 0 bridgehead atoms. The SMILES string of the molecule is CC1(C)CN(S(=O)(=O)c2cc(F)ccc2N)CC(C)(C)O1. The minimum Gasteiger partial charge on any atom is -0.398 e. The third kappa shape index (κ3) is 3.36. The van der Waals surface area contributed by atoms with Crippen LogP contribution in [0.25, 0.3) is 0 Å². The van der Waals surface area contributed by atoms with Crippen LogP contribution in [0.3, 0.4) is 0 Å². The van der Waals surface area contributed by atoms with Gasteiger partial charge in [0, 0.05) is 13.1 Å². The summed E-state index contributed by atoms with van der Waals surface area (Å²) in [5.41, 5.74) is 4.50. The molecule has 0 aliphatic carbocycles. The molecule has 5 nitrogen and oxygen atoms in total. The molecule has 1 aromatic rings. The average Bonchev–Trinajstić information content (AvgIpc) is 2.28. The maximum atomic E-state index is 13.4. The smallest absolute Gasteiger partial charge is 0.245 e. The zero-order chi connectivity index (χ0) is 16.1. The second-order valence-corrected chi connectivity index (χ2v) is 8.48. The maximum absolute atomic E-state index is 13.4. The quantitative estimate of drug-likeness (QED) is 0.847. The van der Waals surface area contributed by atoms with E-state index in [-0.39, 0.29) is 23.7 Å². The Morgan fingerprint density at radius 2 is 1.71 bits per heavy atom. The predicted molar refractivity (Wildman–Crippen MR) is 78.8 cm³/mol. The summed E-state index contributed by atoms with van der Waals surface area (Å²) in [5, 5.41) is 0. The summed E-state index contributed by atoms with van der Waals surface area (Å²) in [6.45, 7) is 7.68. The largest absolute Gasteiger partial charge is 0.398 e. The van der Waals surface area contributed by atoms with E-state index in [4.69, 9.17) is 10.5 Å². The molecule has 1 saturated heterocycles. The molecule has 21 heavy (non-hydrogen) atoms. The molecular formula is C14H21FN2O3S. The number of benzene rings is 1. The molecular weight excluding hydrogens is 295 g/mol. The number of hydrogen-bond acceptors (Lipinski definition) is 4. The first-order valence-electron chi connectivity index (χ1n) is 6.68. The van der Waals surface area contributed by atoms with Crippen LogP contribution in [0.2, 0.25) is 0 Å². The summed E-state index contributed by atoms with van der Waals surface area (Å²) in [5.74, 6) is -0.630. The van der Waals surface area contributed by atoms with E-state index in [1.807, 2.05) is 27.7 Å². The average molecular weight is 316 g/mol. The Labute approximate surface area is 124 Å². The molecule has 0 aromatic heterocycles. The minimum atomic E-state index is -3.87. The van der Waals surface area contributed by atoms with Crippen molar-refractivity contribution >= 4 is 15.7 Å². The highest BCUT2D eigenvalue weighted by Gasteiger charge is 2.43. The lowest BCUT2D eigenvalue weighted by Crippen LogP contribution is -2.58. The van der Waals surface area contributed by atoms with Gasteiger partial charge in [0.15, 0.2) is 0 Å². The first-order valence-corrected chi connectivity index (χ1v) is 8.12. The van der Waals surface area contributed by atoms with Crippen molar-refractivity contribution < 1.29 is 17.5 Å². The number of anilines is 1. The Bertz CT molecular complexity index is 640. The lowest BCUT2D eigenvalue weighted by Gasteiger charge is -2.46. The van der Waals surface area contributed by atoms with Crippen LogP contribution in [0.1, 0.15) is 27.7 Å². The molecule has 1 heterocycles. The van der Waals surface area contributed by atoms with Gasteiger partial charge in [-0.3, -0.25) is 0 Å². The van der Waals surface area contributed by atoms with Crippen LogP contribution in [-0.2, 0) is 14.8 Å². The topological polar surface area (TPSA) is 72.6 Å². The van der Waals surface area contributed by atoms with Crippen molar-refractivity contribution in [2.45, 2.75) is 43.8 Å². The highest BCUT2D eigenvalue weighted by Crippen LogP contribution is 2.33. The number of morpholine rings is 1. The minimum absolute atomic E-state index is 0.0403. The number of nitrogens with two attached hydrogens (primary N) is 1. The van der Waals surface area contributed by atoms with E-state index < -0.39 is 27.0 Å². The van der Waals surface area contributed by atoms with E-state index in [0.717, 1.165) is 12.1 Å². The number of nitrogen functional groups attached to an aromatic ring is 1. The van der Waals surface area contributed by atoms with Crippen LogP contribution in [-0.4, -0.2) is 37.0 Å². The molecule has 0 atom stereocenters. The van der Waals surface area contributed by atoms with Crippen molar-refractivity contribution in [1.29, 1.82) is 0 Å². The van der Waals surface area contributed by atoms with Gasteiger partial charge in [-0.15, -0.1) is 0 Å². The van der Waals surface area contributed by atoms with E-state index in [0.29, 0.717) is 0 Å². The van der Waals surface area contributed by atoms with E-state index in [1.54, 1.807) is 0 Å². The van der Waals surface area contributed by atoms with Gasteiger partial charge in [-0.05, 0) is 45.9 Å². The normalized spacial score (nSPS) is 22.1. The summed E-state index contributed by atoms with van der Waals surface area (Å²) < 4.78 is 46.1. The van der Waals surface area contributed by atoms with Gasteiger partial charge in [-0.25, -0.2) is 12.8 Å². The Hall–Kier alpha value is -1.18. The molecule has 7 heteroatoms. The van der Waals surface area contributed by atoms with E-state index in [9.17, 15) is 12.8 Å². The van der Waals surface area contributed by atoms with Crippen LogP contribution in [0.15, 0.2) is 23.1 Å². The zero-order valence-electron chi connectivity index (χ0n) is 12.7. The maximum Gasteiger partial charge on any atom is 0.245 e. The lowest BCUT2D eigenvalue weighted by atomic mass is 10.0. The van der Waals surface area contributed by atoms with Crippen molar-refractivity contribution in [3.05, 3.63) is 24.0 Å². The number of hydrogen-bond donors (Lipinski definition) is 1. The fourth-order valence-corrected chi connectivity index (χ4v) is 4.63. The predicted octanol–water partition coefficient (Wildman–Crippen LogP) is 1.99. The molecule has 2 N–H and O–H groups in total. The van der Waals surface area contributed by atoms with Gasteiger partial charge < -0.3 is 10.5 Å². The molecule has 0 saturated carbocycles. The Morgan fingerprint density at radius 1 is 1.19 bits per heavy atom. The van der Waals surface area contributed by atoms with E-state index >= 15 is 0 Å². The lowest BCUT2D eigenvalue weighted by molar-refractivity contribution is -0.163. The zero-order valence-corrected chi connectivity index (χ0v) is 13.5. The van der Waals surface area contributed by atoms with Crippen molar-refractivity contribution in [2.75, 3.05) is 18.8 Å². The molecule has 2 rings (SSSR count). The highest BCUT2D eigenvalue weighted by atomic mass is 32.2. The summed E-state index contributed by atoms with van der Waals surface area (Å²) >= 11 is 0. The third-order valence-electron chi connectivity index (χ3n) is 3.26. The summed E-state index contributed by atoms with van der Waals surface area (Å²) in [7, 11) is -3.87. The first-order chi connectivity index (χ1) is 9.43. The molecule has 1 fully saturated rings. The van der Waals surface area contributed by atoms with Gasteiger partial charge in [-0.1, -0.05) is 0 Å². The molecule has 1 aliphatic heterocycles. The Balaban J connectivity index is 2.46. The molecule has 0 unspecified atom stereocenters. The van der Waals surface area contributed by atoms with E-state index in [2.05, 4.69) is 0 Å². The van der Waals surface area contributed by atoms with Gasteiger partial charge in [0.25, 0.3) is 0 Å². The van der Waals surface area contributed by atoms with Crippen LogP contribution >= 0.6 is 0 Å². The number of sulfonamides is 1. The molecule has 0 radical (unpaired) electrons. The van der Waals surface area contributed by atoms with Gasteiger partial charge in [0.2, 0.25) is 10.0 Å². The van der Waals surface area contributed by atoms with Gasteiger partial charge >= 0.3 is 0 Å². The van der Waals surface area contributed by atoms with Crippen LogP contribution < -0.4 is 5.73 Å². The Morgan fingerprint density at radius 3 is 2.24 bits per heavy atom. The van der Waals surface area contributed by atoms with Crippen LogP contribution in [0.5, 0.6) is 0 Å². The van der Waals surface area contributed by atoms with E-state index in [1.165, 1.54) is 10.4 Å². The highest BCUT2D eigenvalue weighted by molar-refractivity contribution is 7.89. The van der Waals surface area contributed by atoms with Crippen LogP contribution in [0, 0.1) is 5.82 Å². The first kappa shape index (κ1) is 16.2. The number of ether oxygens (including phenoxy) is 1. The summed E-state index contributed by atoms with van der Waals surface area (Å²) in [4.78, 5) is -0.198. The number of nitrogens with zero attached hydrogens (tertiary/aromatic N) is 1. The molecule has 0 amide bonds. The molecule has 118 valence electrons. The number of rotatable bonds is 2. The Kier molecular flexibility index (Phi) is 3.80. The van der Waals surface area contributed by atoms with Crippen molar-refractivity contribution in [2.24, 2.45) is 0 Å². The standard InChI is InChI=1S/C14H21FN2O3S/c1-13(2)8-17(9-14(3,4)20-13)21(18,19)12-7-10(15)5-6-11(12)16/h5-7H,8-9,16H2,1-4H3. The van der Waals surface area contributed by atoms with Gasteiger partial charge in [0.05, 0.1) is 16.9 Å². The fourth-order valence-electron chi connectivity index (χ4n) is 2.76. The molecule has 1 aromatic carbocycles. The van der Waals surface area contributed by atoms with Gasteiger partial charge in [0.1, 0.15) is 10.7 Å². The number of halogens is 1. The monoisotopic (exact) mass is 316 g/mol.